The second-order valence-corrected chi connectivity index (χ2v) is 8.53. The molecular weight excluding hydrogens is 300 g/mol. The fraction of sp³-hybridized carbons (Fsp3) is 0.680. The van der Waals surface area contributed by atoms with Crippen LogP contribution in [0.1, 0.15) is 93.4 Å². The predicted octanol–water partition coefficient (Wildman–Crippen LogP) is 8.67. The summed E-state index contributed by atoms with van der Waals surface area (Å²) in [6.07, 6.45) is 18.0. The van der Waals surface area contributed by atoms with Crippen molar-refractivity contribution in [2.24, 2.45) is 17.8 Å². The monoisotopic (exact) mass is 344 g/mol. The zero-order valence-corrected chi connectivity index (χ0v) is 18.2. The Bertz CT molecular complexity index is 441. The fourth-order valence-electron chi connectivity index (χ4n) is 2.91. The SMILES string of the molecule is C=CC(C)C/C=C(/C/C=C(/C)CCCC(C)C)C(C)CCC=C(C)C. The summed E-state index contributed by atoms with van der Waals surface area (Å²) in [4.78, 5) is 0. The Hall–Kier alpha value is -1.04. The minimum absolute atomic E-state index is 0.566. The van der Waals surface area contributed by atoms with Crippen LogP contribution in [0.15, 0.2) is 47.6 Å². The van der Waals surface area contributed by atoms with E-state index >= 15 is 0 Å². The number of rotatable bonds is 13. The van der Waals surface area contributed by atoms with E-state index in [0.29, 0.717) is 11.8 Å². The normalized spacial score (nSPS) is 15.2. The molecule has 0 amide bonds. The van der Waals surface area contributed by atoms with Crippen molar-refractivity contribution in [2.75, 3.05) is 0 Å². The van der Waals surface area contributed by atoms with Gasteiger partial charge in [-0.1, -0.05) is 75.1 Å². The molecule has 0 aliphatic carbocycles. The van der Waals surface area contributed by atoms with Gasteiger partial charge in [0.2, 0.25) is 0 Å². The molecule has 0 rings (SSSR count). The highest BCUT2D eigenvalue weighted by Gasteiger charge is 2.08. The molecule has 0 saturated heterocycles. The largest absolute Gasteiger partial charge is 0.103 e. The number of allylic oxidation sites excluding steroid dienone is 7. The Morgan fingerprint density at radius 1 is 0.920 bits per heavy atom. The van der Waals surface area contributed by atoms with Gasteiger partial charge in [0.1, 0.15) is 0 Å². The molecule has 2 atom stereocenters. The molecule has 0 saturated carbocycles. The van der Waals surface area contributed by atoms with Gasteiger partial charge in [0.25, 0.3) is 0 Å². The molecule has 0 radical (unpaired) electrons. The Kier molecular flexibility index (Phi) is 13.6. The van der Waals surface area contributed by atoms with E-state index in [1.165, 1.54) is 37.7 Å². The van der Waals surface area contributed by atoms with Crippen LogP contribution in [0, 0.1) is 17.8 Å². The zero-order valence-electron chi connectivity index (χ0n) is 18.2. The van der Waals surface area contributed by atoms with Crippen LogP contribution < -0.4 is 0 Å². The first-order valence-electron chi connectivity index (χ1n) is 10.4. The lowest BCUT2D eigenvalue weighted by molar-refractivity contribution is 0.554. The average Bonchev–Trinajstić information content (AvgIpc) is 2.53. The van der Waals surface area contributed by atoms with E-state index in [0.717, 1.165) is 18.8 Å². The number of hydrogen-bond donors (Lipinski definition) is 0. The third-order valence-corrected chi connectivity index (χ3v) is 4.98. The summed E-state index contributed by atoms with van der Waals surface area (Å²) in [7, 11) is 0. The molecule has 0 aliphatic heterocycles. The van der Waals surface area contributed by atoms with Crippen molar-refractivity contribution in [1.82, 2.24) is 0 Å². The Morgan fingerprint density at radius 2 is 1.60 bits per heavy atom. The molecule has 25 heavy (non-hydrogen) atoms. The molecule has 2 unspecified atom stereocenters. The average molecular weight is 345 g/mol. The van der Waals surface area contributed by atoms with Crippen molar-refractivity contribution in [2.45, 2.75) is 93.4 Å². The van der Waals surface area contributed by atoms with Crippen molar-refractivity contribution in [3.63, 3.8) is 0 Å². The van der Waals surface area contributed by atoms with Crippen LogP contribution in [-0.4, -0.2) is 0 Å². The minimum atomic E-state index is 0.566. The first-order chi connectivity index (χ1) is 11.8. The van der Waals surface area contributed by atoms with Crippen molar-refractivity contribution < 1.29 is 0 Å². The van der Waals surface area contributed by atoms with Gasteiger partial charge in [-0.2, -0.15) is 0 Å². The molecule has 0 heteroatoms. The van der Waals surface area contributed by atoms with E-state index in [1.54, 1.807) is 11.1 Å². The van der Waals surface area contributed by atoms with Gasteiger partial charge in [-0.25, -0.2) is 0 Å². The second-order valence-electron chi connectivity index (χ2n) is 8.53. The predicted molar refractivity (Wildman–Crippen MR) is 117 cm³/mol. The maximum Gasteiger partial charge on any atom is -0.0134 e. The van der Waals surface area contributed by atoms with Gasteiger partial charge in [0.05, 0.1) is 0 Å². The van der Waals surface area contributed by atoms with Crippen molar-refractivity contribution >= 4 is 0 Å². The molecule has 0 heterocycles. The minimum Gasteiger partial charge on any atom is -0.103 e. The van der Waals surface area contributed by atoms with Gasteiger partial charge < -0.3 is 0 Å². The highest BCUT2D eigenvalue weighted by atomic mass is 14.1. The van der Waals surface area contributed by atoms with E-state index in [-0.39, 0.29) is 0 Å². The topological polar surface area (TPSA) is 0 Å². The van der Waals surface area contributed by atoms with E-state index in [9.17, 15) is 0 Å². The Morgan fingerprint density at radius 3 is 2.16 bits per heavy atom. The highest BCUT2D eigenvalue weighted by Crippen LogP contribution is 2.24. The molecular formula is C25H44. The molecule has 0 aromatic carbocycles. The summed E-state index contributed by atoms with van der Waals surface area (Å²) >= 11 is 0. The number of hydrogen-bond acceptors (Lipinski definition) is 0. The van der Waals surface area contributed by atoms with E-state index < -0.39 is 0 Å². The highest BCUT2D eigenvalue weighted by molar-refractivity contribution is 5.14. The van der Waals surface area contributed by atoms with Gasteiger partial charge in [0, 0.05) is 0 Å². The van der Waals surface area contributed by atoms with E-state index in [2.05, 4.69) is 79.3 Å². The van der Waals surface area contributed by atoms with Crippen LogP contribution in [0.4, 0.5) is 0 Å². The lowest BCUT2D eigenvalue weighted by Gasteiger charge is -2.16. The fourth-order valence-corrected chi connectivity index (χ4v) is 2.91. The first kappa shape index (κ1) is 24.0. The van der Waals surface area contributed by atoms with Crippen molar-refractivity contribution in [1.29, 1.82) is 0 Å². The van der Waals surface area contributed by atoms with Crippen LogP contribution in [-0.2, 0) is 0 Å². The molecule has 0 aromatic heterocycles. The van der Waals surface area contributed by atoms with Crippen LogP contribution in [0.2, 0.25) is 0 Å². The molecule has 0 nitrogen and oxygen atoms in total. The second kappa shape index (κ2) is 14.2. The van der Waals surface area contributed by atoms with E-state index in [1.807, 2.05) is 0 Å². The summed E-state index contributed by atoms with van der Waals surface area (Å²) in [5, 5.41) is 0. The standard InChI is InChI=1S/C25H44/c1-9-22(6)16-18-25(24(8)15-11-13-21(4)5)19-17-23(7)14-10-12-20(2)3/h9,13,17-18,20,22,24H,1,10-12,14-16,19H2,2-8H3/b23-17-,25-18-. The van der Waals surface area contributed by atoms with Gasteiger partial charge in [-0.3, -0.25) is 0 Å². The van der Waals surface area contributed by atoms with Crippen molar-refractivity contribution in [3.8, 4) is 0 Å². The maximum absolute atomic E-state index is 3.93. The molecule has 0 bridgehead atoms. The summed E-state index contributed by atoms with van der Waals surface area (Å²) in [6, 6.07) is 0. The molecule has 0 fully saturated rings. The van der Waals surface area contributed by atoms with Crippen LogP contribution in [0.5, 0.6) is 0 Å². The molecule has 0 aliphatic rings. The summed E-state index contributed by atoms with van der Waals surface area (Å²) in [5.74, 6) is 2.04. The van der Waals surface area contributed by atoms with Crippen LogP contribution >= 0.6 is 0 Å². The van der Waals surface area contributed by atoms with Gasteiger partial charge >= 0.3 is 0 Å². The van der Waals surface area contributed by atoms with Gasteiger partial charge in [-0.15, -0.1) is 6.58 Å². The lowest BCUT2D eigenvalue weighted by atomic mass is 9.90. The summed E-state index contributed by atoms with van der Waals surface area (Å²) in [5.41, 5.74) is 4.60. The quantitative estimate of drug-likeness (QED) is 0.293. The third kappa shape index (κ3) is 13.9. The molecule has 0 aromatic rings. The van der Waals surface area contributed by atoms with Crippen molar-refractivity contribution in [3.05, 3.63) is 47.6 Å². The summed E-state index contributed by atoms with van der Waals surface area (Å²) < 4.78 is 0. The van der Waals surface area contributed by atoms with Crippen LogP contribution in [0.3, 0.4) is 0 Å². The third-order valence-electron chi connectivity index (χ3n) is 4.98. The zero-order chi connectivity index (χ0) is 19.2. The van der Waals surface area contributed by atoms with Gasteiger partial charge in [0.15, 0.2) is 0 Å². The summed E-state index contributed by atoms with van der Waals surface area (Å²) in [6.45, 7) is 19.9. The first-order valence-corrected chi connectivity index (χ1v) is 10.4. The molecule has 0 spiro atoms. The lowest BCUT2D eigenvalue weighted by Crippen LogP contribution is -2.01. The smallest absolute Gasteiger partial charge is 0.0134 e. The maximum atomic E-state index is 3.93. The molecule has 144 valence electrons. The van der Waals surface area contributed by atoms with E-state index in [4.69, 9.17) is 0 Å². The Labute approximate surface area is 159 Å². The molecule has 0 N–H and O–H groups in total. The van der Waals surface area contributed by atoms with Gasteiger partial charge in [-0.05, 0) is 77.0 Å². The Balaban J connectivity index is 4.76. The van der Waals surface area contributed by atoms with Crippen LogP contribution in [0.25, 0.3) is 0 Å².